The number of H-pyrrole nitrogens is 1. The first-order chi connectivity index (χ1) is 11.9. The second kappa shape index (κ2) is 7.07. The number of fused-ring (bicyclic) bond motifs is 1. The zero-order valence-corrected chi connectivity index (χ0v) is 16.3. The Morgan fingerprint density at radius 2 is 1.81 bits per heavy atom. The second-order valence-electron chi connectivity index (χ2n) is 6.92. The standard InChI is InChI=1S/C14H25N6O5P/c1-7(2)14(8(3)4,26(22,23)24)25-9(5)6-20-11-10(18-19-20)12(21)17-13(15)16-11/h7-9,19H,6H2,1-5H3,(H2,15,17,21)(H2,22,23,24)/t9-/m1/s1. The molecule has 2 aliphatic heterocycles. The fourth-order valence-corrected chi connectivity index (χ4v) is 4.97. The van der Waals surface area contributed by atoms with Crippen molar-refractivity contribution >= 4 is 13.5 Å². The van der Waals surface area contributed by atoms with E-state index in [-0.39, 0.29) is 24.0 Å². The lowest BCUT2D eigenvalue weighted by Gasteiger charge is -2.42. The average molecular weight is 388 g/mol. The molecule has 5 N–H and O–H groups in total. The Labute approximate surface area is 150 Å². The highest BCUT2D eigenvalue weighted by atomic mass is 31.2. The number of hydrogen-bond donors (Lipinski definition) is 4. The normalized spacial score (nSPS) is 14.5. The van der Waals surface area contributed by atoms with Gasteiger partial charge in [-0.05, 0) is 18.8 Å². The number of anilines is 1. The van der Waals surface area contributed by atoms with Crippen LogP contribution in [0, 0.1) is 11.8 Å². The number of rotatable bonds is 7. The monoisotopic (exact) mass is 388 g/mol. The lowest BCUT2D eigenvalue weighted by Crippen LogP contribution is -2.46. The molecule has 0 radical (unpaired) electrons. The summed E-state index contributed by atoms with van der Waals surface area (Å²) in [7, 11) is -4.58. The third kappa shape index (κ3) is 3.52. The Hall–Kier alpha value is -1.81. The van der Waals surface area contributed by atoms with Crippen LogP contribution in [0.25, 0.3) is 11.5 Å². The summed E-state index contributed by atoms with van der Waals surface area (Å²) in [6.45, 7) is 8.65. The largest absolute Gasteiger partial charge is 0.368 e. The Morgan fingerprint density at radius 3 is 2.31 bits per heavy atom. The maximum atomic E-state index is 12.2. The van der Waals surface area contributed by atoms with E-state index in [0.29, 0.717) is 0 Å². The van der Waals surface area contributed by atoms with Crippen LogP contribution in [0.3, 0.4) is 0 Å². The smallest absolute Gasteiger partial charge is 0.357 e. The van der Waals surface area contributed by atoms with Crippen LogP contribution in [-0.4, -0.2) is 46.2 Å². The van der Waals surface area contributed by atoms with Gasteiger partial charge in [-0.15, -0.1) is 0 Å². The number of hydrogen-bond acceptors (Lipinski definition) is 7. The number of nitrogen functional groups attached to an aromatic ring is 1. The van der Waals surface area contributed by atoms with E-state index in [1.54, 1.807) is 34.6 Å². The van der Waals surface area contributed by atoms with Crippen LogP contribution >= 0.6 is 7.60 Å². The van der Waals surface area contributed by atoms with Crippen LogP contribution in [0.15, 0.2) is 4.79 Å². The molecule has 0 bridgehead atoms. The van der Waals surface area contributed by atoms with E-state index in [1.807, 2.05) is 0 Å². The highest BCUT2D eigenvalue weighted by Crippen LogP contribution is 2.59. The minimum Gasteiger partial charge on any atom is -0.368 e. The molecule has 0 saturated carbocycles. The van der Waals surface area contributed by atoms with E-state index in [4.69, 9.17) is 10.5 Å². The fourth-order valence-electron chi connectivity index (χ4n) is 3.31. The molecule has 0 unspecified atom stereocenters. The van der Waals surface area contributed by atoms with Gasteiger partial charge in [-0.1, -0.05) is 27.7 Å². The van der Waals surface area contributed by atoms with Crippen molar-refractivity contribution in [3.63, 3.8) is 0 Å². The Balaban J connectivity index is 2.33. The molecule has 26 heavy (non-hydrogen) atoms. The van der Waals surface area contributed by atoms with Crippen LogP contribution in [-0.2, 0) is 15.8 Å². The molecule has 12 heteroatoms. The van der Waals surface area contributed by atoms with Crippen molar-refractivity contribution in [2.75, 3.05) is 5.73 Å². The lowest BCUT2D eigenvalue weighted by molar-refractivity contribution is -0.104. The number of nitrogens with zero attached hydrogens (tertiary/aromatic N) is 4. The SMILES string of the molecule is CC(C)C(O[C@H](C)Cn1[nH]nc2c(=O)nc(N)nc1-2)(C(C)C)P(=O)(O)O. The van der Waals surface area contributed by atoms with Gasteiger partial charge in [-0.2, -0.15) is 15.1 Å². The van der Waals surface area contributed by atoms with Gasteiger partial charge in [-0.25, -0.2) is 9.90 Å². The number of nitrogens with two attached hydrogens (primary N) is 1. The van der Waals surface area contributed by atoms with Crippen molar-refractivity contribution in [1.82, 2.24) is 25.0 Å². The van der Waals surface area contributed by atoms with Gasteiger partial charge in [0.15, 0.2) is 16.9 Å². The molecule has 1 atom stereocenters. The maximum absolute atomic E-state index is 12.2. The minimum atomic E-state index is -4.58. The first-order valence-electron chi connectivity index (χ1n) is 8.22. The summed E-state index contributed by atoms with van der Waals surface area (Å²) in [5.74, 6) is -0.838. The summed E-state index contributed by atoms with van der Waals surface area (Å²) in [5, 5.41) is 4.86. The third-order valence-corrected chi connectivity index (χ3v) is 6.38. The lowest BCUT2D eigenvalue weighted by atomic mass is 9.95. The summed E-state index contributed by atoms with van der Waals surface area (Å²) in [4.78, 5) is 39.2. The molecule has 0 aromatic heterocycles. The van der Waals surface area contributed by atoms with Crippen molar-refractivity contribution < 1.29 is 19.1 Å². The van der Waals surface area contributed by atoms with Gasteiger partial charge < -0.3 is 20.3 Å². The zero-order valence-electron chi connectivity index (χ0n) is 15.4. The third-order valence-electron chi connectivity index (χ3n) is 4.33. The van der Waals surface area contributed by atoms with Gasteiger partial charge in [0.25, 0.3) is 0 Å². The highest BCUT2D eigenvalue weighted by Gasteiger charge is 2.54. The van der Waals surface area contributed by atoms with Crippen molar-refractivity contribution in [2.24, 2.45) is 11.8 Å². The van der Waals surface area contributed by atoms with Crippen molar-refractivity contribution in [1.29, 1.82) is 0 Å². The number of ether oxygens (including phenoxy) is 1. The van der Waals surface area contributed by atoms with Crippen molar-refractivity contribution in [3.05, 3.63) is 10.4 Å². The number of aromatic nitrogens is 5. The molecule has 146 valence electrons. The van der Waals surface area contributed by atoms with Crippen molar-refractivity contribution in [3.8, 4) is 11.5 Å². The predicted octanol–water partition coefficient (Wildman–Crippen LogP) is 0.639. The molecule has 0 amide bonds. The van der Waals surface area contributed by atoms with Gasteiger partial charge >= 0.3 is 13.2 Å². The summed E-state index contributed by atoms with van der Waals surface area (Å²) < 4.78 is 19.6. The molecule has 0 aromatic carbocycles. The van der Waals surface area contributed by atoms with E-state index in [1.165, 1.54) is 4.68 Å². The van der Waals surface area contributed by atoms with Crippen LogP contribution in [0.2, 0.25) is 0 Å². The van der Waals surface area contributed by atoms with Gasteiger partial charge in [0.05, 0.1) is 12.6 Å². The van der Waals surface area contributed by atoms with Crippen LogP contribution in [0.1, 0.15) is 34.6 Å². The average Bonchev–Trinajstić information content (AvgIpc) is 2.85. The van der Waals surface area contributed by atoms with E-state index in [2.05, 4.69) is 20.3 Å². The molecule has 2 aliphatic rings. The van der Waals surface area contributed by atoms with Crippen molar-refractivity contribution in [2.45, 2.75) is 52.6 Å². The molecule has 0 aromatic rings. The summed E-state index contributed by atoms with van der Waals surface area (Å²) >= 11 is 0. The van der Waals surface area contributed by atoms with E-state index in [0.717, 1.165) is 0 Å². The molecule has 0 spiro atoms. The number of aromatic amines is 1. The molecular weight excluding hydrogens is 363 g/mol. The topological polar surface area (TPSA) is 169 Å². The molecule has 0 saturated heterocycles. The van der Waals surface area contributed by atoms with Crippen LogP contribution in [0.5, 0.6) is 0 Å². The molecule has 2 heterocycles. The molecule has 0 fully saturated rings. The summed E-state index contributed by atoms with van der Waals surface area (Å²) in [6, 6.07) is 0. The van der Waals surface area contributed by atoms with Crippen LogP contribution < -0.4 is 11.3 Å². The van der Waals surface area contributed by atoms with Gasteiger partial charge in [-0.3, -0.25) is 9.36 Å². The van der Waals surface area contributed by atoms with E-state index < -0.39 is 36.4 Å². The first kappa shape index (κ1) is 20.5. The Bertz CT molecular complexity index is 833. The second-order valence-corrected chi connectivity index (χ2v) is 8.70. The molecule has 11 nitrogen and oxygen atoms in total. The van der Waals surface area contributed by atoms with Gasteiger partial charge in [0.1, 0.15) is 0 Å². The van der Waals surface area contributed by atoms with Gasteiger partial charge in [0, 0.05) is 0 Å². The Kier molecular flexibility index (Phi) is 5.57. The summed E-state index contributed by atoms with van der Waals surface area (Å²) in [6.07, 6.45) is -0.618. The predicted molar refractivity (Wildman–Crippen MR) is 94.5 cm³/mol. The summed E-state index contributed by atoms with van der Waals surface area (Å²) in [5.41, 5.74) is 4.93. The first-order valence-corrected chi connectivity index (χ1v) is 9.83. The van der Waals surface area contributed by atoms with Gasteiger partial charge in [0.2, 0.25) is 5.95 Å². The molecular formula is C14H25N6O5P. The molecule has 2 rings (SSSR count). The molecule has 0 aliphatic carbocycles. The minimum absolute atomic E-state index is 0.0281. The van der Waals surface area contributed by atoms with E-state index in [9.17, 15) is 19.1 Å². The maximum Gasteiger partial charge on any atom is 0.357 e. The quantitative estimate of drug-likeness (QED) is 0.497. The fraction of sp³-hybridized carbons (Fsp3) is 0.714. The number of nitrogens with one attached hydrogen (secondary N) is 1. The zero-order chi connectivity index (χ0) is 19.9. The Morgan fingerprint density at radius 1 is 1.23 bits per heavy atom. The van der Waals surface area contributed by atoms with E-state index >= 15 is 0 Å². The van der Waals surface area contributed by atoms with Crippen LogP contribution in [0.4, 0.5) is 5.95 Å². The highest BCUT2D eigenvalue weighted by molar-refractivity contribution is 7.53.